The van der Waals surface area contributed by atoms with Gasteiger partial charge in [0.2, 0.25) is 0 Å². The largest absolute Gasteiger partial charge is 0.372 e. The summed E-state index contributed by atoms with van der Waals surface area (Å²) in [5.41, 5.74) is 5.27. The van der Waals surface area contributed by atoms with Crippen LogP contribution in [0.25, 0.3) is 11.1 Å². The highest BCUT2D eigenvalue weighted by Gasteiger charge is 2.22. The number of rotatable bonds is 3. The molecule has 1 aliphatic heterocycles. The van der Waals surface area contributed by atoms with E-state index in [1.54, 1.807) is 0 Å². The molecule has 0 fully saturated rings. The summed E-state index contributed by atoms with van der Waals surface area (Å²) in [6.07, 6.45) is 4.84. The standard InChI is InChI=1S/C16H18N2O.2ClH/c1-17-11-16-15-4-2-3-13(14(15)7-10-19-16)12-5-8-18-9-6-12;;/h2-6,8-9,16-17H,7,10-11H2,1H3;2*1H/t16-;;/m0../s1. The predicted octanol–water partition coefficient (Wildman–Crippen LogP) is 3.43. The van der Waals surface area contributed by atoms with Gasteiger partial charge in [-0.2, -0.15) is 0 Å². The predicted molar refractivity (Wildman–Crippen MR) is 90.5 cm³/mol. The number of fused-ring (bicyclic) bond motifs is 1. The summed E-state index contributed by atoms with van der Waals surface area (Å²) in [6, 6.07) is 10.6. The number of nitrogens with one attached hydrogen (secondary N) is 1. The van der Waals surface area contributed by atoms with Gasteiger partial charge < -0.3 is 10.1 Å². The Balaban J connectivity index is 0.00000110. The molecule has 1 atom stereocenters. The van der Waals surface area contributed by atoms with Gasteiger partial charge in [0.1, 0.15) is 0 Å². The van der Waals surface area contributed by atoms with Gasteiger partial charge in [0, 0.05) is 18.9 Å². The molecule has 0 bridgehead atoms. The van der Waals surface area contributed by atoms with Crippen LogP contribution in [0, 0.1) is 0 Å². The van der Waals surface area contributed by atoms with E-state index in [2.05, 4.69) is 40.6 Å². The molecule has 1 aliphatic rings. The normalized spacial score (nSPS) is 16.3. The second-order valence-corrected chi connectivity index (χ2v) is 4.78. The molecule has 0 unspecified atom stereocenters. The van der Waals surface area contributed by atoms with Gasteiger partial charge in [-0.3, -0.25) is 4.98 Å². The zero-order valence-corrected chi connectivity index (χ0v) is 13.5. The number of halogens is 2. The fourth-order valence-electron chi connectivity index (χ4n) is 2.73. The Morgan fingerprint density at radius 3 is 2.67 bits per heavy atom. The third-order valence-corrected chi connectivity index (χ3v) is 3.61. The van der Waals surface area contributed by atoms with E-state index in [4.69, 9.17) is 4.74 Å². The van der Waals surface area contributed by atoms with E-state index in [-0.39, 0.29) is 30.9 Å². The van der Waals surface area contributed by atoms with Crippen molar-refractivity contribution in [2.75, 3.05) is 20.2 Å². The molecule has 0 saturated heterocycles. The molecule has 2 aromatic rings. The Morgan fingerprint density at radius 2 is 1.95 bits per heavy atom. The zero-order valence-electron chi connectivity index (χ0n) is 11.9. The molecule has 1 N–H and O–H groups in total. The van der Waals surface area contributed by atoms with Gasteiger partial charge in [0.25, 0.3) is 0 Å². The summed E-state index contributed by atoms with van der Waals surface area (Å²) < 4.78 is 5.86. The second kappa shape index (κ2) is 8.35. The highest BCUT2D eigenvalue weighted by molar-refractivity contribution is 5.85. The fourth-order valence-corrected chi connectivity index (χ4v) is 2.73. The van der Waals surface area contributed by atoms with Crippen molar-refractivity contribution < 1.29 is 4.74 Å². The van der Waals surface area contributed by atoms with E-state index in [1.807, 2.05) is 19.4 Å². The zero-order chi connectivity index (χ0) is 13.1. The Kier molecular flexibility index (Phi) is 7.12. The number of likely N-dealkylation sites (N-methyl/N-ethyl adjacent to an activating group) is 1. The lowest BCUT2D eigenvalue weighted by Crippen LogP contribution is -2.25. The van der Waals surface area contributed by atoms with Crippen molar-refractivity contribution in [1.82, 2.24) is 10.3 Å². The minimum atomic E-state index is 0. The quantitative estimate of drug-likeness (QED) is 0.938. The molecule has 3 nitrogen and oxygen atoms in total. The van der Waals surface area contributed by atoms with Crippen molar-refractivity contribution in [1.29, 1.82) is 0 Å². The SMILES string of the molecule is CNC[C@@H]1OCCc2c(-c3ccncc3)cccc21.Cl.Cl. The Hall–Kier alpha value is -1.13. The van der Waals surface area contributed by atoms with Gasteiger partial charge in [-0.05, 0) is 47.9 Å². The Bertz CT molecular complexity index is 563. The maximum absolute atomic E-state index is 5.86. The summed E-state index contributed by atoms with van der Waals surface area (Å²) in [7, 11) is 1.96. The summed E-state index contributed by atoms with van der Waals surface area (Å²) in [6.45, 7) is 1.65. The molecule has 0 saturated carbocycles. The molecule has 2 heterocycles. The van der Waals surface area contributed by atoms with Gasteiger partial charge in [0.15, 0.2) is 0 Å². The lowest BCUT2D eigenvalue weighted by Gasteiger charge is -2.27. The van der Waals surface area contributed by atoms with Gasteiger partial charge in [0.05, 0.1) is 12.7 Å². The molecule has 114 valence electrons. The Labute approximate surface area is 137 Å². The van der Waals surface area contributed by atoms with E-state index in [9.17, 15) is 0 Å². The first-order chi connectivity index (χ1) is 9.40. The van der Waals surface area contributed by atoms with E-state index >= 15 is 0 Å². The van der Waals surface area contributed by atoms with E-state index in [0.29, 0.717) is 0 Å². The molecule has 0 radical (unpaired) electrons. The summed E-state index contributed by atoms with van der Waals surface area (Å²) in [5, 5.41) is 3.20. The van der Waals surface area contributed by atoms with E-state index < -0.39 is 0 Å². The van der Waals surface area contributed by atoms with Crippen LogP contribution in [-0.2, 0) is 11.2 Å². The third kappa shape index (κ3) is 3.74. The summed E-state index contributed by atoms with van der Waals surface area (Å²) in [4.78, 5) is 4.09. The second-order valence-electron chi connectivity index (χ2n) is 4.78. The van der Waals surface area contributed by atoms with Crippen molar-refractivity contribution in [3.8, 4) is 11.1 Å². The number of ether oxygens (including phenoxy) is 1. The van der Waals surface area contributed by atoms with Crippen molar-refractivity contribution in [2.45, 2.75) is 12.5 Å². The first-order valence-corrected chi connectivity index (χ1v) is 6.68. The first kappa shape index (κ1) is 17.9. The molecule has 1 aromatic carbocycles. The minimum absolute atomic E-state index is 0. The van der Waals surface area contributed by atoms with Crippen LogP contribution >= 0.6 is 24.8 Å². The van der Waals surface area contributed by atoms with Crippen LogP contribution in [-0.4, -0.2) is 25.2 Å². The monoisotopic (exact) mass is 326 g/mol. The number of hydrogen-bond acceptors (Lipinski definition) is 3. The number of hydrogen-bond donors (Lipinski definition) is 1. The number of pyridine rings is 1. The molecule has 0 spiro atoms. The van der Waals surface area contributed by atoms with Crippen LogP contribution in [0.4, 0.5) is 0 Å². The fraction of sp³-hybridized carbons (Fsp3) is 0.312. The van der Waals surface area contributed by atoms with E-state index in [1.165, 1.54) is 22.3 Å². The summed E-state index contributed by atoms with van der Waals surface area (Å²) >= 11 is 0. The van der Waals surface area contributed by atoms with Crippen LogP contribution in [0.2, 0.25) is 0 Å². The number of nitrogens with zero attached hydrogens (tertiary/aromatic N) is 1. The van der Waals surface area contributed by atoms with Crippen molar-refractivity contribution in [3.63, 3.8) is 0 Å². The molecule has 0 aliphatic carbocycles. The third-order valence-electron chi connectivity index (χ3n) is 3.61. The molecule has 1 aromatic heterocycles. The lowest BCUT2D eigenvalue weighted by atomic mass is 9.90. The highest BCUT2D eigenvalue weighted by atomic mass is 35.5. The minimum Gasteiger partial charge on any atom is -0.372 e. The lowest BCUT2D eigenvalue weighted by molar-refractivity contribution is 0.0440. The topological polar surface area (TPSA) is 34.1 Å². The maximum atomic E-state index is 5.86. The molecule has 0 amide bonds. The van der Waals surface area contributed by atoms with Crippen LogP contribution in [0.3, 0.4) is 0 Å². The highest BCUT2D eigenvalue weighted by Crippen LogP contribution is 2.33. The van der Waals surface area contributed by atoms with E-state index in [0.717, 1.165) is 19.6 Å². The van der Waals surface area contributed by atoms with Gasteiger partial charge in [-0.1, -0.05) is 18.2 Å². The number of aromatic nitrogens is 1. The van der Waals surface area contributed by atoms with Crippen LogP contribution in [0.15, 0.2) is 42.7 Å². The smallest absolute Gasteiger partial charge is 0.0952 e. The van der Waals surface area contributed by atoms with Crippen molar-refractivity contribution in [3.05, 3.63) is 53.9 Å². The maximum Gasteiger partial charge on any atom is 0.0952 e. The van der Waals surface area contributed by atoms with Crippen molar-refractivity contribution >= 4 is 24.8 Å². The molecule has 21 heavy (non-hydrogen) atoms. The average Bonchev–Trinajstić information content (AvgIpc) is 2.48. The Morgan fingerprint density at radius 1 is 1.19 bits per heavy atom. The number of benzene rings is 1. The van der Waals surface area contributed by atoms with Crippen molar-refractivity contribution in [2.24, 2.45) is 0 Å². The van der Waals surface area contributed by atoms with Crippen LogP contribution in [0.1, 0.15) is 17.2 Å². The molecule has 3 rings (SSSR count). The molecular formula is C16H20Cl2N2O. The summed E-state index contributed by atoms with van der Waals surface area (Å²) in [5.74, 6) is 0. The average molecular weight is 327 g/mol. The van der Waals surface area contributed by atoms with Crippen LogP contribution in [0.5, 0.6) is 0 Å². The molecular weight excluding hydrogens is 307 g/mol. The van der Waals surface area contributed by atoms with Crippen LogP contribution < -0.4 is 5.32 Å². The van der Waals surface area contributed by atoms with Gasteiger partial charge in [-0.25, -0.2) is 0 Å². The first-order valence-electron chi connectivity index (χ1n) is 6.68. The molecule has 5 heteroatoms. The van der Waals surface area contributed by atoms with Gasteiger partial charge >= 0.3 is 0 Å². The van der Waals surface area contributed by atoms with Gasteiger partial charge in [-0.15, -0.1) is 24.8 Å².